The molecule has 3 amide bonds. The van der Waals surface area contributed by atoms with Crippen molar-refractivity contribution < 1.29 is 14.7 Å². The van der Waals surface area contributed by atoms with E-state index < -0.39 is 23.8 Å². The molecule has 1 aliphatic heterocycles. The maximum absolute atomic E-state index is 11.4. The molecule has 1 aliphatic rings. The first-order valence-corrected chi connectivity index (χ1v) is 4.22. The van der Waals surface area contributed by atoms with Gasteiger partial charge in [0.2, 0.25) is 5.91 Å². The zero-order valence-corrected chi connectivity index (χ0v) is 7.61. The molecule has 0 aliphatic carbocycles. The second kappa shape index (κ2) is 3.55. The van der Waals surface area contributed by atoms with Gasteiger partial charge in [0, 0.05) is 6.54 Å². The smallest absolute Gasteiger partial charge is 0.349 e. The molecule has 5 heteroatoms. The molecule has 0 bridgehead atoms. The molecule has 0 aromatic carbocycles. The molecular weight excluding hydrogens is 172 g/mol. The highest BCUT2D eigenvalue weighted by Crippen LogP contribution is 2.14. The zero-order valence-electron chi connectivity index (χ0n) is 7.61. The summed E-state index contributed by atoms with van der Waals surface area (Å²) in [6.45, 7) is 3.67. The highest BCUT2D eigenvalue weighted by atomic mass is 16.3. The van der Waals surface area contributed by atoms with E-state index >= 15 is 0 Å². The Hall–Kier alpha value is -1.39. The van der Waals surface area contributed by atoms with Gasteiger partial charge < -0.3 is 5.11 Å². The standard InChI is InChI=1S/C8H12N2O3/c1-3-5-6(11)9-8(13)10(4-2)7(5)12/h5H,3-4H2,1-2H3,(H,9,11,13)/p-1. The highest BCUT2D eigenvalue weighted by Gasteiger charge is 2.30. The maximum Gasteiger partial charge on any atom is 0.349 e. The van der Waals surface area contributed by atoms with Crippen LogP contribution in [0.2, 0.25) is 0 Å². The van der Waals surface area contributed by atoms with E-state index in [2.05, 4.69) is 4.99 Å². The summed E-state index contributed by atoms with van der Waals surface area (Å²) < 4.78 is 0. The lowest BCUT2D eigenvalue weighted by molar-refractivity contribution is -0.224. The van der Waals surface area contributed by atoms with Crippen LogP contribution in [0.5, 0.6) is 0 Å². The van der Waals surface area contributed by atoms with Crippen molar-refractivity contribution in [1.82, 2.24) is 4.90 Å². The largest absolute Gasteiger partial charge is 0.861 e. The first-order chi connectivity index (χ1) is 6.11. The summed E-state index contributed by atoms with van der Waals surface area (Å²) in [5.74, 6) is -1.78. The average Bonchev–Trinajstić information content (AvgIpc) is 2.04. The quantitative estimate of drug-likeness (QED) is 0.592. The minimum absolute atomic E-state index is 0.269. The summed E-state index contributed by atoms with van der Waals surface area (Å²) in [5.41, 5.74) is 0. The normalized spacial score (nSPS) is 23.4. The van der Waals surface area contributed by atoms with Crippen LogP contribution in [0, 0.1) is 5.92 Å². The molecule has 0 N–H and O–H groups in total. The van der Waals surface area contributed by atoms with Crippen LogP contribution in [0.1, 0.15) is 20.3 Å². The van der Waals surface area contributed by atoms with Crippen molar-refractivity contribution in [2.24, 2.45) is 10.9 Å². The van der Waals surface area contributed by atoms with E-state index in [0.717, 1.165) is 4.90 Å². The second-order valence-corrected chi connectivity index (χ2v) is 2.78. The zero-order chi connectivity index (χ0) is 10.0. The van der Waals surface area contributed by atoms with Crippen molar-refractivity contribution in [2.75, 3.05) is 6.54 Å². The van der Waals surface area contributed by atoms with Gasteiger partial charge in [0.1, 0.15) is 0 Å². The molecule has 0 saturated heterocycles. The molecule has 13 heavy (non-hydrogen) atoms. The Bertz CT molecular complexity index is 273. The van der Waals surface area contributed by atoms with Gasteiger partial charge in [0.25, 0.3) is 0 Å². The summed E-state index contributed by atoms with van der Waals surface area (Å²) in [7, 11) is 0. The van der Waals surface area contributed by atoms with Crippen LogP contribution in [0.15, 0.2) is 4.99 Å². The number of aliphatic imine (C=N–C) groups is 1. The number of carbonyl (C=O) groups excluding carboxylic acids is 2. The van der Waals surface area contributed by atoms with E-state index in [1.165, 1.54) is 0 Å². The average molecular weight is 183 g/mol. The predicted octanol–water partition coefficient (Wildman–Crippen LogP) is -0.246. The number of urea groups is 1. The Morgan fingerprint density at radius 1 is 1.46 bits per heavy atom. The monoisotopic (exact) mass is 183 g/mol. The van der Waals surface area contributed by atoms with Crippen molar-refractivity contribution in [2.45, 2.75) is 20.3 Å². The molecule has 0 fully saturated rings. The lowest BCUT2D eigenvalue weighted by Gasteiger charge is -2.30. The number of hydrogen-bond donors (Lipinski definition) is 0. The van der Waals surface area contributed by atoms with Gasteiger partial charge in [-0.3, -0.25) is 9.69 Å². The molecule has 72 valence electrons. The van der Waals surface area contributed by atoms with Gasteiger partial charge in [0.15, 0.2) is 0 Å². The summed E-state index contributed by atoms with van der Waals surface area (Å²) in [5, 5.41) is 11.1. The number of carbonyl (C=O) groups is 2. The van der Waals surface area contributed by atoms with Crippen molar-refractivity contribution in [3.63, 3.8) is 0 Å². The highest BCUT2D eigenvalue weighted by molar-refractivity contribution is 6.12. The number of rotatable bonds is 2. The predicted molar refractivity (Wildman–Crippen MR) is 44.0 cm³/mol. The van der Waals surface area contributed by atoms with Gasteiger partial charge in [-0.05, 0) is 19.2 Å². The Labute approximate surface area is 76.1 Å². The molecule has 0 spiro atoms. The van der Waals surface area contributed by atoms with E-state index in [4.69, 9.17) is 0 Å². The van der Waals surface area contributed by atoms with Crippen molar-refractivity contribution in [1.29, 1.82) is 0 Å². The molecule has 0 aromatic rings. The fraction of sp³-hybridized carbons (Fsp3) is 0.625. The topological polar surface area (TPSA) is 72.8 Å². The third-order valence-electron chi connectivity index (χ3n) is 2.02. The van der Waals surface area contributed by atoms with Gasteiger partial charge >= 0.3 is 6.03 Å². The van der Waals surface area contributed by atoms with E-state index in [1.54, 1.807) is 13.8 Å². The third kappa shape index (κ3) is 1.54. The summed E-state index contributed by atoms with van der Waals surface area (Å²) in [4.78, 5) is 26.7. The Morgan fingerprint density at radius 3 is 2.54 bits per heavy atom. The van der Waals surface area contributed by atoms with Crippen molar-refractivity contribution in [3.8, 4) is 0 Å². The molecular formula is C8H11N2O3-. The molecule has 0 saturated carbocycles. The molecule has 5 nitrogen and oxygen atoms in total. The lowest BCUT2D eigenvalue weighted by atomic mass is 10.0. The van der Waals surface area contributed by atoms with Gasteiger partial charge in [-0.2, -0.15) is 0 Å². The van der Waals surface area contributed by atoms with Gasteiger partial charge in [-0.1, -0.05) is 6.92 Å². The summed E-state index contributed by atoms with van der Waals surface area (Å²) >= 11 is 0. The number of nitrogens with zero attached hydrogens (tertiary/aromatic N) is 2. The van der Waals surface area contributed by atoms with Gasteiger partial charge in [0.05, 0.1) is 5.92 Å². The van der Waals surface area contributed by atoms with Gasteiger partial charge in [-0.25, -0.2) is 9.79 Å². The first kappa shape index (κ1) is 9.70. The van der Waals surface area contributed by atoms with Crippen LogP contribution in [0.3, 0.4) is 0 Å². The number of hydrogen-bond acceptors (Lipinski definition) is 3. The SMILES string of the molecule is CCC1C(=O)N(CC)C(=O)N=C1[O-]. The van der Waals surface area contributed by atoms with Crippen molar-refractivity contribution in [3.05, 3.63) is 0 Å². The van der Waals surface area contributed by atoms with Crippen LogP contribution in [0.4, 0.5) is 4.79 Å². The minimum Gasteiger partial charge on any atom is -0.861 e. The molecule has 0 aromatic heterocycles. The minimum atomic E-state index is -0.752. The van der Waals surface area contributed by atoms with Gasteiger partial charge in [-0.15, -0.1) is 0 Å². The van der Waals surface area contributed by atoms with E-state index in [9.17, 15) is 14.7 Å². The molecule has 1 unspecified atom stereocenters. The van der Waals surface area contributed by atoms with Crippen LogP contribution in [0.25, 0.3) is 0 Å². The van der Waals surface area contributed by atoms with E-state index in [-0.39, 0.29) is 6.54 Å². The first-order valence-electron chi connectivity index (χ1n) is 4.22. The number of amides is 3. The Morgan fingerprint density at radius 2 is 2.08 bits per heavy atom. The summed E-state index contributed by atoms with van der Waals surface area (Å²) in [6, 6.07) is -0.734. The summed E-state index contributed by atoms with van der Waals surface area (Å²) in [6.07, 6.45) is 0.394. The van der Waals surface area contributed by atoms with Crippen molar-refractivity contribution >= 4 is 17.8 Å². The fourth-order valence-electron chi connectivity index (χ4n) is 1.26. The third-order valence-corrected chi connectivity index (χ3v) is 2.02. The lowest BCUT2D eigenvalue weighted by Crippen LogP contribution is -2.49. The van der Waals surface area contributed by atoms with Crippen LogP contribution in [-0.4, -0.2) is 29.3 Å². The van der Waals surface area contributed by atoms with E-state index in [1.807, 2.05) is 0 Å². The Kier molecular flexibility index (Phi) is 2.65. The second-order valence-electron chi connectivity index (χ2n) is 2.78. The van der Waals surface area contributed by atoms with Crippen LogP contribution >= 0.6 is 0 Å². The van der Waals surface area contributed by atoms with E-state index in [0.29, 0.717) is 6.42 Å². The van der Waals surface area contributed by atoms with Crippen LogP contribution in [-0.2, 0) is 4.79 Å². The molecule has 1 heterocycles. The maximum atomic E-state index is 11.4. The Balaban J connectivity index is 2.99. The molecule has 1 rings (SSSR count). The molecule has 0 radical (unpaired) electrons. The molecule has 1 atom stereocenters. The van der Waals surface area contributed by atoms with Crippen LogP contribution < -0.4 is 5.11 Å². The number of imide groups is 1. The fourth-order valence-corrected chi connectivity index (χ4v) is 1.26.